The maximum absolute atomic E-state index is 12.2. The summed E-state index contributed by atoms with van der Waals surface area (Å²) in [5.41, 5.74) is 1.80. The summed E-state index contributed by atoms with van der Waals surface area (Å²) in [5, 5.41) is 5.15. The second kappa shape index (κ2) is 7.59. The minimum atomic E-state index is -0.123. The number of thiophene rings is 1. The van der Waals surface area contributed by atoms with E-state index in [9.17, 15) is 4.79 Å². The van der Waals surface area contributed by atoms with E-state index in [1.807, 2.05) is 0 Å². The zero-order chi connectivity index (χ0) is 18.0. The smallest absolute Gasteiger partial charge is 0.234 e. The lowest BCUT2D eigenvalue weighted by Crippen LogP contribution is -2.14. The van der Waals surface area contributed by atoms with Gasteiger partial charge in [0.05, 0.1) is 17.9 Å². The van der Waals surface area contributed by atoms with Gasteiger partial charge in [0.2, 0.25) is 5.91 Å². The molecule has 0 fully saturated rings. The number of aryl methyl sites for hydroxylation is 2. The number of hydrogen-bond donors (Lipinski definition) is 1. The van der Waals surface area contributed by atoms with E-state index in [0.717, 1.165) is 15.2 Å². The number of thioether (sulfide) groups is 1. The van der Waals surface area contributed by atoms with Crippen molar-refractivity contribution in [2.24, 2.45) is 0 Å². The van der Waals surface area contributed by atoms with Crippen LogP contribution in [0, 0.1) is 13.8 Å². The third-order valence-corrected chi connectivity index (χ3v) is 6.11. The van der Waals surface area contributed by atoms with Crippen LogP contribution < -0.4 is 10.1 Å². The molecule has 0 saturated heterocycles. The quantitative estimate of drug-likeness (QED) is 0.502. The summed E-state index contributed by atoms with van der Waals surface area (Å²) in [4.78, 5) is 23.1. The molecule has 0 unspecified atom stereocenters. The largest absolute Gasteiger partial charge is 0.495 e. The first-order valence-electron chi connectivity index (χ1n) is 7.46. The van der Waals surface area contributed by atoms with Crippen LogP contribution in [0.15, 0.2) is 29.6 Å². The van der Waals surface area contributed by atoms with Crippen LogP contribution >= 0.6 is 34.7 Å². The van der Waals surface area contributed by atoms with Crippen LogP contribution in [0.2, 0.25) is 5.02 Å². The molecule has 8 heteroatoms. The molecule has 0 saturated carbocycles. The average Bonchev–Trinajstić information content (AvgIpc) is 2.88. The molecule has 0 aliphatic heterocycles. The van der Waals surface area contributed by atoms with Gasteiger partial charge in [-0.2, -0.15) is 0 Å². The van der Waals surface area contributed by atoms with Crippen LogP contribution in [0.1, 0.15) is 10.4 Å². The predicted molar refractivity (Wildman–Crippen MR) is 104 cm³/mol. The van der Waals surface area contributed by atoms with E-state index in [1.165, 1.54) is 22.2 Å². The lowest BCUT2D eigenvalue weighted by Gasteiger charge is -2.08. The highest BCUT2D eigenvalue weighted by Gasteiger charge is 2.14. The Hall–Kier alpha value is -1.83. The fourth-order valence-electron chi connectivity index (χ4n) is 2.33. The Labute approximate surface area is 158 Å². The zero-order valence-corrected chi connectivity index (χ0v) is 16.3. The number of nitrogens with one attached hydrogen (secondary N) is 1. The van der Waals surface area contributed by atoms with Gasteiger partial charge in [-0.15, -0.1) is 11.3 Å². The van der Waals surface area contributed by atoms with Gasteiger partial charge < -0.3 is 10.1 Å². The summed E-state index contributed by atoms with van der Waals surface area (Å²) in [6.45, 7) is 4.12. The molecular formula is C17H16ClN3O2S2. The first-order valence-corrected chi connectivity index (χ1v) is 9.64. The Morgan fingerprint density at radius 1 is 1.36 bits per heavy atom. The highest BCUT2D eigenvalue weighted by Crippen LogP contribution is 2.34. The van der Waals surface area contributed by atoms with Gasteiger partial charge in [0, 0.05) is 16.0 Å². The van der Waals surface area contributed by atoms with Gasteiger partial charge in [0.1, 0.15) is 21.9 Å². The SMILES string of the molecule is COc1ccc(NC(=O)CSc2ncnc3sc(C)c(C)c23)cc1Cl. The number of nitrogens with zero attached hydrogens (tertiary/aromatic N) is 2. The normalized spacial score (nSPS) is 10.9. The summed E-state index contributed by atoms with van der Waals surface area (Å²) < 4.78 is 5.10. The minimum Gasteiger partial charge on any atom is -0.495 e. The summed E-state index contributed by atoms with van der Waals surface area (Å²) in [6.07, 6.45) is 1.54. The molecule has 0 aliphatic rings. The van der Waals surface area contributed by atoms with Crippen molar-refractivity contribution < 1.29 is 9.53 Å². The van der Waals surface area contributed by atoms with E-state index in [0.29, 0.717) is 16.5 Å². The van der Waals surface area contributed by atoms with Crippen molar-refractivity contribution in [3.8, 4) is 5.75 Å². The molecule has 2 heterocycles. The number of methoxy groups -OCH3 is 1. The fourth-order valence-corrected chi connectivity index (χ4v) is 4.51. The standard InChI is InChI=1S/C17H16ClN3O2S2/c1-9-10(2)25-17-15(9)16(19-8-20-17)24-7-14(22)21-11-4-5-13(23-3)12(18)6-11/h4-6,8H,7H2,1-3H3,(H,21,22). The Morgan fingerprint density at radius 2 is 2.16 bits per heavy atom. The molecule has 130 valence electrons. The first-order chi connectivity index (χ1) is 12.0. The molecule has 1 aromatic carbocycles. The number of hydrogen-bond acceptors (Lipinski definition) is 6. The Morgan fingerprint density at radius 3 is 2.88 bits per heavy atom. The van der Waals surface area contributed by atoms with Gasteiger partial charge >= 0.3 is 0 Å². The van der Waals surface area contributed by atoms with Gasteiger partial charge in [0.25, 0.3) is 0 Å². The van der Waals surface area contributed by atoms with Crippen LogP contribution in [0.4, 0.5) is 5.69 Å². The van der Waals surface area contributed by atoms with Crippen molar-refractivity contribution in [1.29, 1.82) is 0 Å². The Bertz CT molecular complexity index is 943. The highest BCUT2D eigenvalue weighted by atomic mass is 35.5. The third kappa shape index (κ3) is 3.89. The maximum Gasteiger partial charge on any atom is 0.234 e. The second-order valence-electron chi connectivity index (χ2n) is 5.33. The van der Waals surface area contributed by atoms with E-state index in [-0.39, 0.29) is 11.7 Å². The number of aromatic nitrogens is 2. The zero-order valence-electron chi connectivity index (χ0n) is 13.9. The van der Waals surface area contributed by atoms with E-state index in [2.05, 4.69) is 29.1 Å². The Balaban J connectivity index is 1.70. The van der Waals surface area contributed by atoms with Crippen molar-refractivity contribution in [2.45, 2.75) is 18.9 Å². The minimum absolute atomic E-state index is 0.123. The summed E-state index contributed by atoms with van der Waals surface area (Å²) in [6, 6.07) is 5.14. The van der Waals surface area contributed by atoms with Crippen molar-refractivity contribution in [3.63, 3.8) is 0 Å². The molecule has 1 amide bonds. The van der Waals surface area contributed by atoms with Gasteiger partial charge in [-0.05, 0) is 37.6 Å². The molecule has 0 radical (unpaired) electrons. The number of halogens is 1. The predicted octanol–water partition coefficient (Wildman–Crippen LogP) is 4.70. The fraction of sp³-hybridized carbons (Fsp3) is 0.235. The summed E-state index contributed by atoms with van der Waals surface area (Å²) >= 11 is 9.12. The molecule has 1 N–H and O–H groups in total. The number of carbonyl (C=O) groups is 1. The molecule has 3 rings (SSSR count). The number of rotatable bonds is 5. The molecule has 0 bridgehead atoms. The lowest BCUT2D eigenvalue weighted by atomic mass is 10.2. The van der Waals surface area contributed by atoms with E-state index in [4.69, 9.17) is 16.3 Å². The van der Waals surface area contributed by atoms with Crippen LogP contribution in [0.5, 0.6) is 5.75 Å². The number of amides is 1. The van der Waals surface area contributed by atoms with Crippen LogP contribution in [-0.2, 0) is 4.79 Å². The topological polar surface area (TPSA) is 64.1 Å². The van der Waals surface area contributed by atoms with Crippen LogP contribution in [0.25, 0.3) is 10.2 Å². The van der Waals surface area contributed by atoms with Crippen LogP contribution in [-0.4, -0.2) is 28.7 Å². The number of carbonyl (C=O) groups excluding carboxylic acids is 1. The lowest BCUT2D eigenvalue weighted by molar-refractivity contribution is -0.113. The number of benzene rings is 1. The summed E-state index contributed by atoms with van der Waals surface area (Å²) in [7, 11) is 1.55. The molecule has 25 heavy (non-hydrogen) atoms. The molecule has 0 aliphatic carbocycles. The highest BCUT2D eigenvalue weighted by molar-refractivity contribution is 8.00. The molecular weight excluding hydrogens is 378 g/mol. The monoisotopic (exact) mass is 393 g/mol. The Kier molecular flexibility index (Phi) is 5.46. The number of anilines is 1. The third-order valence-electron chi connectivity index (χ3n) is 3.71. The average molecular weight is 394 g/mol. The van der Waals surface area contributed by atoms with Crippen molar-refractivity contribution in [3.05, 3.63) is 40.0 Å². The number of ether oxygens (including phenoxy) is 1. The second-order valence-corrected chi connectivity index (χ2v) is 7.90. The van der Waals surface area contributed by atoms with Gasteiger partial charge in [-0.3, -0.25) is 4.79 Å². The van der Waals surface area contributed by atoms with Gasteiger partial charge in [0.15, 0.2) is 0 Å². The maximum atomic E-state index is 12.2. The van der Waals surface area contributed by atoms with Gasteiger partial charge in [-0.1, -0.05) is 23.4 Å². The molecule has 5 nitrogen and oxygen atoms in total. The van der Waals surface area contributed by atoms with Gasteiger partial charge in [-0.25, -0.2) is 9.97 Å². The molecule has 0 spiro atoms. The molecule has 0 atom stereocenters. The molecule has 2 aromatic heterocycles. The van der Waals surface area contributed by atoms with Crippen LogP contribution in [0.3, 0.4) is 0 Å². The van der Waals surface area contributed by atoms with E-state index < -0.39 is 0 Å². The van der Waals surface area contributed by atoms with E-state index >= 15 is 0 Å². The van der Waals surface area contributed by atoms with Crippen molar-refractivity contribution >= 4 is 56.5 Å². The van der Waals surface area contributed by atoms with Crippen molar-refractivity contribution in [2.75, 3.05) is 18.2 Å². The first kappa shape index (κ1) is 18.0. The summed E-state index contributed by atoms with van der Waals surface area (Å²) in [5.74, 6) is 0.702. The number of fused-ring (bicyclic) bond motifs is 1. The molecule has 3 aromatic rings. The van der Waals surface area contributed by atoms with E-state index in [1.54, 1.807) is 43.0 Å². The van der Waals surface area contributed by atoms with Crippen molar-refractivity contribution in [1.82, 2.24) is 9.97 Å².